The number of carbonyl (C=O) groups excluding carboxylic acids is 1. The molecule has 0 heterocycles. The highest BCUT2D eigenvalue weighted by molar-refractivity contribution is 7.92. The maximum absolute atomic E-state index is 12.6. The lowest BCUT2D eigenvalue weighted by Crippen LogP contribution is -2.38. The molecule has 32 heavy (non-hydrogen) atoms. The van der Waals surface area contributed by atoms with Gasteiger partial charge in [0.2, 0.25) is 10.0 Å². The van der Waals surface area contributed by atoms with Crippen LogP contribution in [0.15, 0.2) is 48.5 Å². The largest absolute Gasteiger partial charge is 0.493 e. The molecule has 0 aromatic heterocycles. The number of aryl methyl sites for hydroxylation is 1. The van der Waals surface area contributed by atoms with Crippen molar-refractivity contribution in [2.45, 2.75) is 45.6 Å². The maximum Gasteiger partial charge on any atom is 0.261 e. The molecule has 2 aromatic rings. The molecule has 0 aliphatic rings. The molecular weight excluding hydrogens is 428 g/mol. The maximum atomic E-state index is 12.6. The molecule has 0 saturated heterocycles. The Kier molecular flexibility index (Phi) is 9.84. The van der Waals surface area contributed by atoms with Crippen LogP contribution in [-0.2, 0) is 21.2 Å². The Morgan fingerprint density at radius 1 is 1.09 bits per heavy atom. The second kappa shape index (κ2) is 12.3. The van der Waals surface area contributed by atoms with E-state index in [1.807, 2.05) is 25.1 Å². The zero-order chi connectivity index (χ0) is 23.6. The number of anilines is 1. The molecule has 176 valence electrons. The van der Waals surface area contributed by atoms with Crippen LogP contribution in [0, 0.1) is 0 Å². The van der Waals surface area contributed by atoms with E-state index in [-0.39, 0.29) is 5.91 Å². The highest BCUT2D eigenvalue weighted by Gasteiger charge is 2.18. The highest BCUT2D eigenvalue weighted by atomic mass is 32.2. The van der Waals surface area contributed by atoms with Gasteiger partial charge in [0.05, 0.1) is 18.6 Å². The van der Waals surface area contributed by atoms with Crippen molar-refractivity contribution >= 4 is 21.6 Å². The quantitative estimate of drug-likeness (QED) is 0.458. The summed E-state index contributed by atoms with van der Waals surface area (Å²) in [4.78, 5) is 12.6. The van der Waals surface area contributed by atoms with Crippen molar-refractivity contribution < 1.29 is 22.7 Å². The molecule has 8 heteroatoms. The van der Waals surface area contributed by atoms with Gasteiger partial charge in [-0.05, 0) is 61.6 Å². The number of nitrogens with zero attached hydrogens (tertiary/aromatic N) is 1. The summed E-state index contributed by atoms with van der Waals surface area (Å²) in [5, 5.41) is 2.94. The van der Waals surface area contributed by atoms with Crippen LogP contribution >= 0.6 is 0 Å². The van der Waals surface area contributed by atoms with Crippen LogP contribution in [0.3, 0.4) is 0 Å². The van der Waals surface area contributed by atoms with Gasteiger partial charge >= 0.3 is 0 Å². The molecule has 0 saturated carbocycles. The predicted octanol–water partition coefficient (Wildman–Crippen LogP) is 3.78. The van der Waals surface area contributed by atoms with Gasteiger partial charge in [-0.2, -0.15) is 0 Å². The van der Waals surface area contributed by atoms with Gasteiger partial charge in [0, 0.05) is 13.6 Å². The van der Waals surface area contributed by atoms with E-state index < -0.39 is 16.1 Å². The molecule has 1 amide bonds. The first kappa shape index (κ1) is 25.5. The van der Waals surface area contributed by atoms with Gasteiger partial charge in [-0.1, -0.05) is 32.0 Å². The van der Waals surface area contributed by atoms with Crippen molar-refractivity contribution in [3.8, 4) is 11.5 Å². The summed E-state index contributed by atoms with van der Waals surface area (Å²) in [5.74, 6) is 1.25. The SMILES string of the molecule is CCCOc1ccccc1CCCNC(=O)C(CC)Oc1ccc(N(C)S(C)(=O)=O)cc1. The zero-order valence-electron chi connectivity index (χ0n) is 19.3. The summed E-state index contributed by atoms with van der Waals surface area (Å²) in [6.45, 7) is 5.19. The Morgan fingerprint density at radius 3 is 2.41 bits per heavy atom. The number of benzene rings is 2. The number of amides is 1. The molecule has 1 atom stereocenters. The third-order valence-electron chi connectivity index (χ3n) is 5.00. The summed E-state index contributed by atoms with van der Waals surface area (Å²) in [6, 6.07) is 14.6. The monoisotopic (exact) mass is 462 g/mol. The summed E-state index contributed by atoms with van der Waals surface area (Å²) in [5.41, 5.74) is 1.66. The van der Waals surface area contributed by atoms with E-state index in [0.717, 1.165) is 36.8 Å². The van der Waals surface area contributed by atoms with Crippen LogP contribution in [-0.4, -0.2) is 46.9 Å². The van der Waals surface area contributed by atoms with Gasteiger partial charge in [0.25, 0.3) is 5.91 Å². The average Bonchev–Trinajstić information content (AvgIpc) is 2.78. The lowest BCUT2D eigenvalue weighted by Gasteiger charge is -2.19. The Balaban J connectivity index is 1.85. The highest BCUT2D eigenvalue weighted by Crippen LogP contribution is 2.22. The van der Waals surface area contributed by atoms with Crippen molar-refractivity contribution in [3.63, 3.8) is 0 Å². The van der Waals surface area contributed by atoms with E-state index >= 15 is 0 Å². The molecule has 1 N–H and O–H groups in total. The molecule has 2 aromatic carbocycles. The van der Waals surface area contributed by atoms with Crippen LogP contribution in [0.4, 0.5) is 5.69 Å². The second-order valence-electron chi connectivity index (χ2n) is 7.59. The lowest BCUT2D eigenvalue weighted by atomic mass is 10.1. The van der Waals surface area contributed by atoms with Crippen LogP contribution < -0.4 is 19.1 Å². The van der Waals surface area contributed by atoms with E-state index in [4.69, 9.17) is 9.47 Å². The zero-order valence-corrected chi connectivity index (χ0v) is 20.2. The number of ether oxygens (including phenoxy) is 2. The molecule has 0 aliphatic heterocycles. The number of hydrogen-bond donors (Lipinski definition) is 1. The summed E-state index contributed by atoms with van der Waals surface area (Å²) < 4.78 is 36.1. The van der Waals surface area contributed by atoms with E-state index in [1.165, 1.54) is 11.4 Å². The first-order valence-electron chi connectivity index (χ1n) is 10.9. The molecule has 2 rings (SSSR count). The number of carbonyl (C=O) groups is 1. The topological polar surface area (TPSA) is 84.9 Å². The van der Waals surface area contributed by atoms with E-state index in [9.17, 15) is 13.2 Å². The molecule has 1 unspecified atom stereocenters. The minimum absolute atomic E-state index is 0.166. The first-order chi connectivity index (χ1) is 15.3. The minimum atomic E-state index is -3.33. The molecule has 0 radical (unpaired) electrons. The van der Waals surface area contributed by atoms with Gasteiger partial charge in [0.15, 0.2) is 6.10 Å². The fourth-order valence-corrected chi connectivity index (χ4v) is 3.58. The molecular formula is C24H34N2O5S. The van der Waals surface area contributed by atoms with Crippen molar-refractivity contribution in [2.24, 2.45) is 0 Å². The average molecular weight is 463 g/mol. The van der Waals surface area contributed by atoms with Crippen molar-refractivity contribution in [2.75, 3.05) is 30.8 Å². The van der Waals surface area contributed by atoms with Crippen LogP contribution in [0.2, 0.25) is 0 Å². The Morgan fingerprint density at radius 2 is 1.78 bits per heavy atom. The molecule has 0 aliphatic carbocycles. The second-order valence-corrected chi connectivity index (χ2v) is 9.60. The molecule has 7 nitrogen and oxygen atoms in total. The molecule has 0 bridgehead atoms. The minimum Gasteiger partial charge on any atom is -0.493 e. The van der Waals surface area contributed by atoms with Crippen molar-refractivity contribution in [1.82, 2.24) is 5.32 Å². The van der Waals surface area contributed by atoms with Crippen molar-refractivity contribution in [1.29, 1.82) is 0 Å². The van der Waals surface area contributed by atoms with Gasteiger partial charge < -0.3 is 14.8 Å². The number of sulfonamides is 1. The van der Waals surface area contributed by atoms with Crippen LogP contribution in [0.5, 0.6) is 11.5 Å². The van der Waals surface area contributed by atoms with E-state index in [1.54, 1.807) is 24.3 Å². The third-order valence-corrected chi connectivity index (χ3v) is 6.20. The van der Waals surface area contributed by atoms with Gasteiger partial charge in [-0.25, -0.2) is 8.42 Å². The predicted molar refractivity (Wildman–Crippen MR) is 128 cm³/mol. The van der Waals surface area contributed by atoms with E-state index in [0.29, 0.717) is 31.0 Å². The van der Waals surface area contributed by atoms with Gasteiger partial charge in [0.1, 0.15) is 11.5 Å². The first-order valence-corrected chi connectivity index (χ1v) is 12.8. The summed E-state index contributed by atoms with van der Waals surface area (Å²) in [7, 11) is -1.84. The Hall–Kier alpha value is -2.74. The van der Waals surface area contributed by atoms with E-state index in [2.05, 4.69) is 18.3 Å². The number of nitrogens with one attached hydrogen (secondary N) is 1. The fraction of sp³-hybridized carbons (Fsp3) is 0.458. The number of para-hydroxylation sites is 1. The lowest BCUT2D eigenvalue weighted by molar-refractivity contribution is -0.128. The molecule has 0 spiro atoms. The fourth-order valence-electron chi connectivity index (χ4n) is 3.08. The molecule has 0 fully saturated rings. The standard InChI is InChI=1S/C24H34N2O5S/c1-5-18-30-23-12-8-7-10-19(23)11-9-17-25-24(27)22(6-2)31-21-15-13-20(14-16-21)26(3)32(4,28)29/h7-8,10,12-16,22H,5-6,9,11,17-18H2,1-4H3,(H,25,27). The smallest absolute Gasteiger partial charge is 0.261 e. The van der Waals surface area contributed by atoms with Crippen LogP contribution in [0.1, 0.15) is 38.7 Å². The van der Waals surface area contributed by atoms with Crippen LogP contribution in [0.25, 0.3) is 0 Å². The normalized spacial score (nSPS) is 12.1. The number of rotatable bonds is 13. The number of hydrogen-bond acceptors (Lipinski definition) is 5. The van der Waals surface area contributed by atoms with Crippen molar-refractivity contribution in [3.05, 3.63) is 54.1 Å². The Bertz CT molecular complexity index is 961. The summed E-state index contributed by atoms with van der Waals surface area (Å²) in [6.07, 6.45) is 3.61. The van der Waals surface area contributed by atoms with Gasteiger partial charge in [-0.3, -0.25) is 9.10 Å². The van der Waals surface area contributed by atoms with Gasteiger partial charge in [-0.15, -0.1) is 0 Å². The summed E-state index contributed by atoms with van der Waals surface area (Å²) >= 11 is 0. The third kappa shape index (κ3) is 7.75. The Labute approximate surface area is 191 Å².